The number of aliphatic hydroxyl groups excluding tert-OH is 1. The summed E-state index contributed by atoms with van der Waals surface area (Å²) in [5.74, 6) is 1.58. The molecule has 23 heavy (non-hydrogen) atoms. The minimum atomic E-state index is -1.47. The van der Waals surface area contributed by atoms with Crippen LogP contribution in [0.1, 0.15) is 50.2 Å². The number of rotatable bonds is 8. The molecule has 4 heteroatoms. The Morgan fingerprint density at radius 1 is 1.13 bits per heavy atom. The van der Waals surface area contributed by atoms with E-state index in [1.165, 1.54) is 37.7 Å². The van der Waals surface area contributed by atoms with Crippen LogP contribution in [0.5, 0.6) is 0 Å². The van der Waals surface area contributed by atoms with Gasteiger partial charge in [-0.15, -0.1) is 0 Å². The zero-order chi connectivity index (χ0) is 16.7. The summed E-state index contributed by atoms with van der Waals surface area (Å²) in [6.07, 6.45) is 5.95. The van der Waals surface area contributed by atoms with Crippen molar-refractivity contribution >= 4 is 0 Å². The fraction of sp³-hybridized carbons (Fsp3) is 0.684. The van der Waals surface area contributed by atoms with Gasteiger partial charge in [0, 0.05) is 6.54 Å². The van der Waals surface area contributed by atoms with Gasteiger partial charge in [-0.3, -0.25) is 0 Å². The van der Waals surface area contributed by atoms with Crippen molar-refractivity contribution in [3.63, 3.8) is 0 Å². The Balaban J connectivity index is 1.83. The highest BCUT2D eigenvalue weighted by molar-refractivity contribution is 5.28. The molecule has 0 spiro atoms. The van der Waals surface area contributed by atoms with Gasteiger partial charge in [0.1, 0.15) is 0 Å². The SMILES string of the molecule is CC(CNCc1ccccc1C[C@H](N)C(O)O)C1CCCCC1. The van der Waals surface area contributed by atoms with Crippen molar-refractivity contribution in [1.82, 2.24) is 5.32 Å². The Kier molecular flexibility index (Phi) is 7.50. The van der Waals surface area contributed by atoms with Crippen molar-refractivity contribution in [3.05, 3.63) is 35.4 Å². The second kappa shape index (κ2) is 9.38. The van der Waals surface area contributed by atoms with Crippen molar-refractivity contribution in [2.75, 3.05) is 6.54 Å². The molecule has 1 unspecified atom stereocenters. The topological polar surface area (TPSA) is 78.5 Å². The van der Waals surface area contributed by atoms with Crippen LogP contribution in [0.3, 0.4) is 0 Å². The molecule has 1 aliphatic rings. The average Bonchev–Trinajstić information content (AvgIpc) is 2.57. The van der Waals surface area contributed by atoms with E-state index in [1.54, 1.807) is 0 Å². The molecule has 1 saturated carbocycles. The van der Waals surface area contributed by atoms with E-state index in [9.17, 15) is 10.2 Å². The lowest BCUT2D eigenvalue weighted by molar-refractivity contribution is -0.0577. The summed E-state index contributed by atoms with van der Waals surface area (Å²) in [4.78, 5) is 0. The molecule has 130 valence electrons. The maximum atomic E-state index is 9.18. The van der Waals surface area contributed by atoms with Crippen LogP contribution in [0.4, 0.5) is 0 Å². The standard InChI is InChI=1S/C19H32N2O2/c1-14(15-7-3-2-4-8-15)12-21-13-17-10-6-5-9-16(17)11-18(20)19(22)23/h5-6,9-10,14-15,18-19,21-23H,2-4,7-8,11-13,20H2,1H3/t14?,18-/m0/s1. The molecule has 2 rings (SSSR count). The predicted octanol–water partition coefficient (Wildman–Crippen LogP) is 2.17. The number of benzene rings is 1. The Hall–Kier alpha value is -0.940. The van der Waals surface area contributed by atoms with Gasteiger partial charge in [0.15, 0.2) is 6.29 Å². The highest BCUT2D eigenvalue weighted by Gasteiger charge is 2.19. The minimum Gasteiger partial charge on any atom is -0.367 e. The molecule has 1 aromatic carbocycles. The highest BCUT2D eigenvalue weighted by atomic mass is 16.5. The fourth-order valence-corrected chi connectivity index (χ4v) is 3.59. The molecular weight excluding hydrogens is 288 g/mol. The number of nitrogens with two attached hydrogens (primary N) is 1. The van der Waals surface area contributed by atoms with E-state index in [1.807, 2.05) is 18.2 Å². The fourth-order valence-electron chi connectivity index (χ4n) is 3.59. The lowest BCUT2D eigenvalue weighted by Gasteiger charge is -2.28. The molecule has 1 aromatic rings. The Morgan fingerprint density at radius 3 is 2.43 bits per heavy atom. The van der Waals surface area contributed by atoms with Crippen LogP contribution in [0.25, 0.3) is 0 Å². The third-order valence-electron chi connectivity index (χ3n) is 5.19. The van der Waals surface area contributed by atoms with Crippen LogP contribution in [-0.4, -0.2) is 29.1 Å². The van der Waals surface area contributed by atoms with Gasteiger partial charge >= 0.3 is 0 Å². The molecule has 0 radical (unpaired) electrons. The normalized spacial score (nSPS) is 19.0. The van der Waals surface area contributed by atoms with E-state index in [2.05, 4.69) is 18.3 Å². The van der Waals surface area contributed by atoms with Gasteiger partial charge in [-0.25, -0.2) is 0 Å². The van der Waals surface area contributed by atoms with Gasteiger partial charge in [0.25, 0.3) is 0 Å². The first-order valence-corrected chi connectivity index (χ1v) is 8.97. The van der Waals surface area contributed by atoms with Crippen molar-refractivity contribution in [3.8, 4) is 0 Å². The molecule has 0 amide bonds. The maximum Gasteiger partial charge on any atom is 0.167 e. The van der Waals surface area contributed by atoms with E-state index < -0.39 is 12.3 Å². The van der Waals surface area contributed by atoms with E-state index in [-0.39, 0.29) is 0 Å². The zero-order valence-corrected chi connectivity index (χ0v) is 14.2. The van der Waals surface area contributed by atoms with Gasteiger partial charge in [-0.05, 0) is 35.9 Å². The van der Waals surface area contributed by atoms with Crippen LogP contribution < -0.4 is 11.1 Å². The van der Waals surface area contributed by atoms with E-state index >= 15 is 0 Å². The molecule has 1 aliphatic carbocycles. The third-order valence-corrected chi connectivity index (χ3v) is 5.19. The van der Waals surface area contributed by atoms with E-state index in [4.69, 9.17) is 5.73 Å². The van der Waals surface area contributed by atoms with Gasteiger partial charge in [0.05, 0.1) is 6.04 Å². The zero-order valence-electron chi connectivity index (χ0n) is 14.2. The summed E-state index contributed by atoms with van der Waals surface area (Å²) in [6, 6.07) is 7.46. The molecular formula is C19H32N2O2. The minimum absolute atomic E-state index is 0.480. The van der Waals surface area contributed by atoms with Crippen LogP contribution in [0.2, 0.25) is 0 Å². The van der Waals surface area contributed by atoms with E-state index in [0.29, 0.717) is 12.3 Å². The lowest BCUT2D eigenvalue weighted by atomic mass is 9.81. The van der Waals surface area contributed by atoms with Crippen molar-refractivity contribution in [2.45, 2.75) is 64.3 Å². The first kappa shape index (κ1) is 18.4. The molecule has 5 N–H and O–H groups in total. The summed E-state index contributed by atoms with van der Waals surface area (Å²) in [6.45, 7) is 4.20. The van der Waals surface area contributed by atoms with E-state index in [0.717, 1.165) is 24.6 Å². The van der Waals surface area contributed by atoms with Crippen LogP contribution in [0, 0.1) is 11.8 Å². The van der Waals surface area contributed by atoms with Crippen molar-refractivity contribution < 1.29 is 10.2 Å². The molecule has 0 bridgehead atoms. The quantitative estimate of drug-likeness (QED) is 0.554. The number of hydrogen-bond donors (Lipinski definition) is 4. The molecule has 0 aromatic heterocycles. The second-order valence-electron chi connectivity index (χ2n) is 7.06. The summed E-state index contributed by atoms with van der Waals surface area (Å²) in [7, 11) is 0. The molecule has 4 nitrogen and oxygen atoms in total. The monoisotopic (exact) mass is 320 g/mol. The lowest BCUT2D eigenvalue weighted by Crippen LogP contribution is -2.36. The molecule has 2 atom stereocenters. The molecule has 1 fully saturated rings. The number of aliphatic hydroxyl groups is 2. The summed E-state index contributed by atoms with van der Waals surface area (Å²) in [5, 5.41) is 21.9. The number of hydrogen-bond acceptors (Lipinski definition) is 4. The Labute approximate surface area is 140 Å². The smallest absolute Gasteiger partial charge is 0.167 e. The summed E-state index contributed by atoms with van der Waals surface area (Å²) < 4.78 is 0. The number of nitrogens with one attached hydrogen (secondary N) is 1. The van der Waals surface area contributed by atoms with Crippen LogP contribution in [-0.2, 0) is 13.0 Å². The van der Waals surface area contributed by atoms with Gasteiger partial charge in [-0.1, -0.05) is 63.3 Å². The largest absolute Gasteiger partial charge is 0.367 e. The van der Waals surface area contributed by atoms with Gasteiger partial charge < -0.3 is 21.3 Å². The van der Waals surface area contributed by atoms with Crippen molar-refractivity contribution in [2.24, 2.45) is 17.6 Å². The predicted molar refractivity (Wildman–Crippen MR) is 93.8 cm³/mol. The van der Waals surface area contributed by atoms with Gasteiger partial charge in [0.2, 0.25) is 0 Å². The first-order valence-electron chi connectivity index (χ1n) is 8.97. The molecule has 0 saturated heterocycles. The highest BCUT2D eigenvalue weighted by Crippen LogP contribution is 2.29. The first-order chi connectivity index (χ1) is 11.1. The van der Waals surface area contributed by atoms with Crippen molar-refractivity contribution in [1.29, 1.82) is 0 Å². The summed E-state index contributed by atoms with van der Waals surface area (Å²) >= 11 is 0. The van der Waals surface area contributed by atoms with Gasteiger partial charge in [-0.2, -0.15) is 0 Å². The van der Waals surface area contributed by atoms with Crippen LogP contribution >= 0.6 is 0 Å². The molecule has 0 heterocycles. The second-order valence-corrected chi connectivity index (χ2v) is 7.06. The third kappa shape index (κ3) is 5.88. The average molecular weight is 320 g/mol. The Bertz CT molecular complexity index is 458. The molecule has 0 aliphatic heterocycles. The summed E-state index contributed by atoms with van der Waals surface area (Å²) in [5.41, 5.74) is 8.05. The van der Waals surface area contributed by atoms with Crippen LogP contribution in [0.15, 0.2) is 24.3 Å². The maximum absolute atomic E-state index is 9.18. The Morgan fingerprint density at radius 2 is 1.78 bits per heavy atom.